The number of amides is 1. The molecule has 3 aromatic carbocycles. The Morgan fingerprint density at radius 1 is 0.947 bits per heavy atom. The molecule has 1 amide bonds. The predicted octanol–water partition coefficient (Wildman–Crippen LogP) is 4.84. The Hall–Kier alpha value is -4.02. The third kappa shape index (κ3) is 7.27. The number of ether oxygens (including phenoxy) is 1. The van der Waals surface area contributed by atoms with Crippen LogP contribution in [-0.4, -0.2) is 31.1 Å². The van der Waals surface area contributed by atoms with Crippen molar-refractivity contribution in [1.82, 2.24) is 14.9 Å². The van der Waals surface area contributed by atoms with Crippen molar-refractivity contribution in [2.45, 2.75) is 44.0 Å². The largest absolute Gasteiger partial charge is 0.484 e. The predicted molar refractivity (Wildman–Crippen MR) is 143 cm³/mol. The zero-order valence-corrected chi connectivity index (χ0v) is 22.2. The average Bonchev–Trinajstić information content (AvgIpc) is 3.38. The molecule has 0 saturated heterocycles. The quantitative estimate of drug-likeness (QED) is 0.282. The number of nitrogens with zero attached hydrogens (tertiary/aromatic N) is 2. The van der Waals surface area contributed by atoms with Gasteiger partial charge in [-0.05, 0) is 54.4 Å². The van der Waals surface area contributed by atoms with E-state index in [0.717, 1.165) is 11.1 Å². The first-order chi connectivity index (χ1) is 18.2. The molecule has 1 heterocycles. The number of sulfonamides is 1. The molecule has 2 N–H and O–H groups in total. The number of nitrogens with one attached hydrogen (secondary N) is 2. The fourth-order valence-electron chi connectivity index (χ4n) is 3.63. The minimum Gasteiger partial charge on any atom is -0.484 e. The standard InChI is InChI=1S/C28H30N4O5S/c1-19(2)28-30-26(31-37-28)17-21-9-11-23(12-10-21)29-27(33)18-36-24-13-15-25(16-14-24)38(34,35)32-20(3)22-7-5-4-6-8-22/h4-16,19-20,32H,17-18H2,1-3H3,(H,29,33)/t20-/m1/s1. The number of aromatic nitrogens is 2. The van der Waals surface area contributed by atoms with Crippen molar-refractivity contribution in [3.05, 3.63) is 102 Å². The van der Waals surface area contributed by atoms with Crippen LogP contribution in [0.2, 0.25) is 0 Å². The van der Waals surface area contributed by atoms with Crippen LogP contribution in [0.1, 0.15) is 55.6 Å². The average molecular weight is 535 g/mol. The summed E-state index contributed by atoms with van der Waals surface area (Å²) in [7, 11) is -3.72. The maximum Gasteiger partial charge on any atom is 0.262 e. The van der Waals surface area contributed by atoms with E-state index in [-0.39, 0.29) is 29.4 Å². The summed E-state index contributed by atoms with van der Waals surface area (Å²) in [6, 6.07) is 22.2. The zero-order valence-electron chi connectivity index (χ0n) is 21.4. The van der Waals surface area contributed by atoms with Crippen LogP contribution < -0.4 is 14.8 Å². The van der Waals surface area contributed by atoms with Crippen LogP contribution in [0, 0.1) is 0 Å². The first-order valence-electron chi connectivity index (χ1n) is 12.2. The Balaban J connectivity index is 1.26. The highest BCUT2D eigenvalue weighted by Crippen LogP contribution is 2.20. The van der Waals surface area contributed by atoms with Crippen LogP contribution in [0.25, 0.3) is 0 Å². The molecule has 38 heavy (non-hydrogen) atoms. The van der Waals surface area contributed by atoms with Gasteiger partial charge < -0.3 is 14.6 Å². The van der Waals surface area contributed by atoms with Gasteiger partial charge in [0.2, 0.25) is 15.9 Å². The Bertz CT molecular complexity index is 1450. The van der Waals surface area contributed by atoms with E-state index in [1.165, 1.54) is 24.3 Å². The summed E-state index contributed by atoms with van der Waals surface area (Å²) in [4.78, 5) is 16.8. The molecule has 4 rings (SSSR count). The van der Waals surface area contributed by atoms with E-state index < -0.39 is 10.0 Å². The van der Waals surface area contributed by atoms with Gasteiger partial charge in [-0.15, -0.1) is 0 Å². The Kier molecular flexibility index (Phi) is 8.55. The van der Waals surface area contributed by atoms with Crippen molar-refractivity contribution in [3.63, 3.8) is 0 Å². The second-order valence-electron chi connectivity index (χ2n) is 9.14. The van der Waals surface area contributed by atoms with E-state index in [0.29, 0.717) is 29.6 Å². The fraction of sp³-hybridized carbons (Fsp3) is 0.250. The van der Waals surface area contributed by atoms with E-state index in [1.807, 2.05) is 56.3 Å². The molecule has 0 unspecified atom stereocenters. The molecule has 0 aliphatic heterocycles. The van der Waals surface area contributed by atoms with Crippen molar-refractivity contribution < 1.29 is 22.5 Å². The molecule has 0 fully saturated rings. The van der Waals surface area contributed by atoms with Gasteiger partial charge in [-0.25, -0.2) is 13.1 Å². The number of rotatable bonds is 11. The van der Waals surface area contributed by atoms with E-state index in [2.05, 4.69) is 20.2 Å². The maximum absolute atomic E-state index is 12.7. The lowest BCUT2D eigenvalue weighted by atomic mass is 10.1. The Morgan fingerprint density at radius 3 is 2.26 bits per heavy atom. The molecule has 0 spiro atoms. The lowest BCUT2D eigenvalue weighted by Gasteiger charge is -2.15. The summed E-state index contributed by atoms with van der Waals surface area (Å²) >= 11 is 0. The Morgan fingerprint density at radius 2 is 1.63 bits per heavy atom. The summed E-state index contributed by atoms with van der Waals surface area (Å²) < 4.78 is 38.9. The molecule has 0 aliphatic rings. The van der Waals surface area contributed by atoms with Crippen LogP contribution >= 0.6 is 0 Å². The van der Waals surface area contributed by atoms with Crippen LogP contribution in [0.3, 0.4) is 0 Å². The topological polar surface area (TPSA) is 123 Å². The molecule has 1 aromatic heterocycles. The van der Waals surface area contributed by atoms with Crippen LogP contribution in [0.5, 0.6) is 5.75 Å². The third-order valence-electron chi connectivity index (χ3n) is 5.71. The summed E-state index contributed by atoms with van der Waals surface area (Å²) in [5.74, 6) is 1.43. The molecule has 1 atom stereocenters. The highest BCUT2D eigenvalue weighted by molar-refractivity contribution is 7.89. The van der Waals surface area contributed by atoms with Gasteiger partial charge in [-0.2, -0.15) is 4.98 Å². The van der Waals surface area contributed by atoms with Crippen molar-refractivity contribution in [1.29, 1.82) is 0 Å². The van der Waals surface area contributed by atoms with Crippen molar-refractivity contribution in [2.75, 3.05) is 11.9 Å². The van der Waals surface area contributed by atoms with Gasteiger partial charge in [0.05, 0.1) is 4.90 Å². The van der Waals surface area contributed by atoms with Gasteiger partial charge in [0, 0.05) is 24.1 Å². The monoisotopic (exact) mass is 534 g/mol. The molecule has 0 saturated carbocycles. The first-order valence-corrected chi connectivity index (χ1v) is 13.7. The summed E-state index contributed by atoms with van der Waals surface area (Å²) in [5, 5.41) is 6.77. The number of hydrogen-bond donors (Lipinski definition) is 2. The molecule has 0 aliphatic carbocycles. The zero-order chi connectivity index (χ0) is 27.1. The molecule has 198 valence electrons. The number of benzene rings is 3. The Labute approximate surface area is 222 Å². The van der Waals surface area contributed by atoms with Crippen LogP contribution in [0.15, 0.2) is 88.3 Å². The third-order valence-corrected chi connectivity index (χ3v) is 7.27. The second-order valence-corrected chi connectivity index (χ2v) is 10.9. The van der Waals surface area contributed by atoms with Crippen LogP contribution in [-0.2, 0) is 21.2 Å². The fourth-order valence-corrected chi connectivity index (χ4v) is 4.87. The lowest BCUT2D eigenvalue weighted by molar-refractivity contribution is -0.118. The molecule has 0 bridgehead atoms. The lowest BCUT2D eigenvalue weighted by Crippen LogP contribution is -2.26. The summed E-state index contributed by atoms with van der Waals surface area (Å²) in [5.41, 5.74) is 2.47. The van der Waals surface area contributed by atoms with E-state index in [1.54, 1.807) is 19.1 Å². The van der Waals surface area contributed by atoms with Crippen molar-refractivity contribution >= 4 is 21.6 Å². The normalized spacial score (nSPS) is 12.3. The number of carbonyl (C=O) groups excluding carboxylic acids is 1. The minimum absolute atomic E-state index is 0.110. The van der Waals surface area contributed by atoms with Gasteiger partial charge >= 0.3 is 0 Å². The molecule has 0 radical (unpaired) electrons. The smallest absolute Gasteiger partial charge is 0.262 e. The molecule has 10 heteroatoms. The first kappa shape index (κ1) is 27.0. The van der Waals surface area contributed by atoms with Crippen molar-refractivity contribution in [2.24, 2.45) is 0 Å². The van der Waals surface area contributed by atoms with Crippen molar-refractivity contribution in [3.8, 4) is 5.75 Å². The van der Waals surface area contributed by atoms with E-state index >= 15 is 0 Å². The van der Waals surface area contributed by atoms with E-state index in [4.69, 9.17) is 9.26 Å². The molecular formula is C28H30N4O5S. The number of carbonyl (C=O) groups is 1. The maximum atomic E-state index is 12.7. The highest BCUT2D eigenvalue weighted by Gasteiger charge is 2.18. The number of hydrogen-bond acceptors (Lipinski definition) is 7. The van der Waals surface area contributed by atoms with Gasteiger partial charge in [-0.3, -0.25) is 4.79 Å². The SMILES string of the molecule is CC(C)c1nc(Cc2ccc(NC(=O)COc3ccc(S(=O)(=O)N[C@H](C)c4ccccc4)cc3)cc2)no1. The minimum atomic E-state index is -3.72. The van der Waals surface area contributed by atoms with Gasteiger partial charge in [0.15, 0.2) is 12.4 Å². The molecular weight excluding hydrogens is 504 g/mol. The van der Waals surface area contributed by atoms with Gasteiger partial charge in [0.1, 0.15) is 5.75 Å². The summed E-state index contributed by atoms with van der Waals surface area (Å²) in [6.07, 6.45) is 0.528. The highest BCUT2D eigenvalue weighted by atomic mass is 32.2. The van der Waals surface area contributed by atoms with Crippen LogP contribution in [0.4, 0.5) is 5.69 Å². The summed E-state index contributed by atoms with van der Waals surface area (Å²) in [6.45, 7) is 5.54. The van der Waals surface area contributed by atoms with Gasteiger partial charge in [0.25, 0.3) is 5.91 Å². The van der Waals surface area contributed by atoms with E-state index in [9.17, 15) is 13.2 Å². The molecule has 9 nitrogen and oxygen atoms in total. The molecule has 4 aromatic rings. The number of anilines is 1. The van der Waals surface area contributed by atoms with Gasteiger partial charge in [-0.1, -0.05) is 61.5 Å². The second kappa shape index (κ2) is 12.0.